The predicted molar refractivity (Wildman–Crippen MR) is 136 cm³/mol. The Labute approximate surface area is 193 Å². The molecule has 3 aromatic carbocycles. The first-order chi connectivity index (χ1) is 16.3. The van der Waals surface area contributed by atoms with Gasteiger partial charge in [-0.05, 0) is 59.0 Å². The lowest BCUT2D eigenvalue weighted by atomic mass is 9.98. The van der Waals surface area contributed by atoms with Crippen molar-refractivity contribution in [2.45, 2.75) is 12.8 Å². The predicted octanol–water partition coefficient (Wildman–Crippen LogP) is 5.99. The summed E-state index contributed by atoms with van der Waals surface area (Å²) in [5, 5.41) is 5.78. The second kappa shape index (κ2) is 9.49. The van der Waals surface area contributed by atoms with E-state index in [0.717, 1.165) is 47.5 Å². The molecule has 162 valence electrons. The SMILES string of the molecule is Nc1ccccc1CCCNc1ncc(-c2ccc3ccccc3c2)c(-c2ccncc2)n1. The van der Waals surface area contributed by atoms with E-state index in [1.165, 1.54) is 16.3 Å². The number of rotatable bonds is 7. The summed E-state index contributed by atoms with van der Waals surface area (Å²) in [5.41, 5.74) is 12.0. The molecular weight excluding hydrogens is 406 g/mol. The fraction of sp³-hybridized carbons (Fsp3) is 0.107. The number of fused-ring (bicyclic) bond motifs is 1. The summed E-state index contributed by atoms with van der Waals surface area (Å²) in [7, 11) is 0. The molecule has 0 aliphatic carbocycles. The fourth-order valence-electron chi connectivity index (χ4n) is 4.01. The molecule has 5 aromatic rings. The monoisotopic (exact) mass is 431 g/mol. The lowest BCUT2D eigenvalue weighted by Crippen LogP contribution is -2.08. The topological polar surface area (TPSA) is 76.7 Å². The van der Waals surface area contributed by atoms with Crippen molar-refractivity contribution in [3.63, 3.8) is 0 Å². The Morgan fingerprint density at radius 2 is 1.58 bits per heavy atom. The van der Waals surface area contributed by atoms with E-state index in [2.05, 4.69) is 63.8 Å². The zero-order valence-corrected chi connectivity index (χ0v) is 18.3. The van der Waals surface area contributed by atoms with Gasteiger partial charge in [0.1, 0.15) is 0 Å². The lowest BCUT2D eigenvalue weighted by molar-refractivity contribution is 0.855. The largest absolute Gasteiger partial charge is 0.399 e. The van der Waals surface area contributed by atoms with E-state index in [1.54, 1.807) is 12.4 Å². The van der Waals surface area contributed by atoms with Crippen molar-refractivity contribution in [2.24, 2.45) is 0 Å². The summed E-state index contributed by atoms with van der Waals surface area (Å²) in [6.07, 6.45) is 7.34. The molecule has 5 nitrogen and oxygen atoms in total. The van der Waals surface area contributed by atoms with Crippen LogP contribution in [0.4, 0.5) is 11.6 Å². The summed E-state index contributed by atoms with van der Waals surface area (Å²) in [4.78, 5) is 13.7. The molecule has 33 heavy (non-hydrogen) atoms. The molecule has 0 atom stereocenters. The van der Waals surface area contributed by atoms with Crippen LogP contribution in [0.2, 0.25) is 0 Å². The molecular formula is C28H25N5. The number of aromatic nitrogens is 3. The highest BCUT2D eigenvalue weighted by molar-refractivity contribution is 5.90. The van der Waals surface area contributed by atoms with Crippen molar-refractivity contribution in [3.8, 4) is 22.4 Å². The van der Waals surface area contributed by atoms with Gasteiger partial charge in [0.2, 0.25) is 5.95 Å². The van der Waals surface area contributed by atoms with Crippen LogP contribution in [-0.2, 0) is 6.42 Å². The van der Waals surface area contributed by atoms with Crippen LogP contribution in [-0.4, -0.2) is 21.5 Å². The van der Waals surface area contributed by atoms with Gasteiger partial charge in [-0.2, -0.15) is 0 Å². The third-order valence-electron chi connectivity index (χ3n) is 5.76. The van der Waals surface area contributed by atoms with E-state index in [0.29, 0.717) is 5.95 Å². The van der Waals surface area contributed by atoms with Crippen molar-refractivity contribution >= 4 is 22.4 Å². The van der Waals surface area contributed by atoms with Gasteiger partial charge in [-0.15, -0.1) is 0 Å². The molecule has 0 radical (unpaired) electrons. The molecule has 0 aliphatic rings. The van der Waals surface area contributed by atoms with Gasteiger partial charge in [0.15, 0.2) is 0 Å². The minimum Gasteiger partial charge on any atom is -0.399 e. The lowest BCUT2D eigenvalue weighted by Gasteiger charge is -2.13. The Kier molecular flexibility index (Phi) is 5.93. The molecule has 2 aromatic heterocycles. The first-order valence-corrected chi connectivity index (χ1v) is 11.1. The number of para-hydroxylation sites is 1. The van der Waals surface area contributed by atoms with E-state index >= 15 is 0 Å². The van der Waals surface area contributed by atoms with Crippen LogP contribution in [0.15, 0.2) is 97.5 Å². The molecule has 0 saturated carbocycles. The Bertz CT molecular complexity index is 1380. The fourth-order valence-corrected chi connectivity index (χ4v) is 4.01. The van der Waals surface area contributed by atoms with Gasteiger partial charge in [-0.25, -0.2) is 9.97 Å². The van der Waals surface area contributed by atoms with Crippen LogP contribution in [0.25, 0.3) is 33.2 Å². The van der Waals surface area contributed by atoms with Gasteiger partial charge in [0, 0.05) is 41.9 Å². The van der Waals surface area contributed by atoms with E-state index < -0.39 is 0 Å². The Hall–Kier alpha value is -4.25. The number of hydrogen-bond donors (Lipinski definition) is 2. The summed E-state index contributed by atoms with van der Waals surface area (Å²) in [6, 6.07) is 26.8. The Morgan fingerprint density at radius 3 is 2.42 bits per heavy atom. The van der Waals surface area contributed by atoms with Crippen LogP contribution in [0.1, 0.15) is 12.0 Å². The van der Waals surface area contributed by atoms with Gasteiger partial charge in [0.05, 0.1) is 5.69 Å². The summed E-state index contributed by atoms with van der Waals surface area (Å²) < 4.78 is 0. The molecule has 0 saturated heterocycles. The summed E-state index contributed by atoms with van der Waals surface area (Å²) in [6.45, 7) is 0.763. The minimum absolute atomic E-state index is 0.618. The number of nitrogens with zero attached hydrogens (tertiary/aromatic N) is 3. The molecule has 0 spiro atoms. The highest BCUT2D eigenvalue weighted by Gasteiger charge is 2.12. The van der Waals surface area contributed by atoms with Crippen LogP contribution in [0.3, 0.4) is 0 Å². The van der Waals surface area contributed by atoms with Gasteiger partial charge < -0.3 is 11.1 Å². The number of nitrogen functional groups attached to an aromatic ring is 1. The number of pyridine rings is 1. The first-order valence-electron chi connectivity index (χ1n) is 11.1. The molecule has 5 rings (SSSR count). The van der Waals surface area contributed by atoms with Crippen molar-refractivity contribution < 1.29 is 0 Å². The number of anilines is 2. The highest BCUT2D eigenvalue weighted by Crippen LogP contribution is 2.32. The maximum Gasteiger partial charge on any atom is 0.223 e. The van der Waals surface area contributed by atoms with Gasteiger partial charge in [-0.1, -0.05) is 54.6 Å². The van der Waals surface area contributed by atoms with Gasteiger partial charge in [0.25, 0.3) is 0 Å². The first kappa shape index (κ1) is 20.6. The zero-order chi connectivity index (χ0) is 22.5. The second-order valence-electron chi connectivity index (χ2n) is 7.98. The molecule has 0 unspecified atom stereocenters. The van der Waals surface area contributed by atoms with Gasteiger partial charge in [-0.3, -0.25) is 4.98 Å². The van der Waals surface area contributed by atoms with Crippen LogP contribution in [0, 0.1) is 0 Å². The zero-order valence-electron chi connectivity index (χ0n) is 18.3. The van der Waals surface area contributed by atoms with Gasteiger partial charge >= 0.3 is 0 Å². The van der Waals surface area contributed by atoms with E-state index in [4.69, 9.17) is 10.7 Å². The number of nitrogens with two attached hydrogens (primary N) is 1. The number of benzene rings is 3. The van der Waals surface area contributed by atoms with E-state index in [9.17, 15) is 0 Å². The number of hydrogen-bond acceptors (Lipinski definition) is 5. The molecule has 2 heterocycles. The van der Waals surface area contributed by atoms with Crippen LogP contribution < -0.4 is 11.1 Å². The molecule has 5 heteroatoms. The summed E-state index contributed by atoms with van der Waals surface area (Å²) in [5.74, 6) is 0.618. The molecule has 3 N–H and O–H groups in total. The average molecular weight is 432 g/mol. The maximum absolute atomic E-state index is 6.05. The number of nitrogens with one attached hydrogen (secondary N) is 1. The van der Waals surface area contributed by atoms with Crippen molar-refractivity contribution in [2.75, 3.05) is 17.6 Å². The quantitative estimate of drug-likeness (QED) is 0.245. The second-order valence-corrected chi connectivity index (χ2v) is 7.98. The smallest absolute Gasteiger partial charge is 0.223 e. The van der Waals surface area contributed by atoms with Crippen molar-refractivity contribution in [1.82, 2.24) is 15.0 Å². The van der Waals surface area contributed by atoms with E-state index in [-0.39, 0.29) is 0 Å². The Balaban J connectivity index is 1.41. The summed E-state index contributed by atoms with van der Waals surface area (Å²) >= 11 is 0. The molecule has 0 aliphatic heterocycles. The van der Waals surface area contributed by atoms with Crippen LogP contribution in [0.5, 0.6) is 0 Å². The molecule has 0 bridgehead atoms. The van der Waals surface area contributed by atoms with Crippen molar-refractivity contribution in [1.29, 1.82) is 0 Å². The highest BCUT2D eigenvalue weighted by atomic mass is 15.1. The minimum atomic E-state index is 0.618. The number of aryl methyl sites for hydroxylation is 1. The Morgan fingerprint density at radius 1 is 0.788 bits per heavy atom. The van der Waals surface area contributed by atoms with Crippen LogP contribution >= 0.6 is 0 Å². The maximum atomic E-state index is 6.05. The standard InChI is InChI=1S/C28H25N5/c29-26-10-4-3-7-21(26)9-5-15-31-28-32-19-25(27(33-28)22-13-16-30-17-14-22)24-12-11-20-6-1-2-8-23(20)18-24/h1-4,6-8,10-14,16-19H,5,9,15,29H2,(H,31,32,33). The van der Waals surface area contributed by atoms with Crippen molar-refractivity contribution in [3.05, 3.63) is 103 Å². The third kappa shape index (κ3) is 4.67. The third-order valence-corrected chi connectivity index (χ3v) is 5.76. The normalized spacial score (nSPS) is 10.9. The molecule has 0 fully saturated rings. The van der Waals surface area contributed by atoms with E-state index in [1.807, 2.05) is 36.5 Å². The molecule has 0 amide bonds. The average Bonchev–Trinajstić information content (AvgIpc) is 2.88.